The molecule has 0 bridgehead atoms. The van der Waals surface area contributed by atoms with Gasteiger partial charge >= 0.3 is 0 Å². The van der Waals surface area contributed by atoms with Crippen LogP contribution in [0, 0.1) is 0 Å². The fourth-order valence-corrected chi connectivity index (χ4v) is 3.81. The van der Waals surface area contributed by atoms with Crippen LogP contribution < -0.4 is 10.5 Å². The van der Waals surface area contributed by atoms with E-state index in [-0.39, 0.29) is 16.4 Å². The molecule has 2 N–H and O–H groups in total. The molecule has 3 nitrogen and oxygen atoms in total. The maximum atomic E-state index is 11.2. The summed E-state index contributed by atoms with van der Waals surface area (Å²) in [5.74, 6) is 0.463. The normalized spacial score (nSPS) is 18.9. The standard InChI is InChI=1S/C16H19NO2S/c1-10(16(17)18)8-14-11(2)20(4)15(14)12-6-5-7-13(9-12)19-3/h5-9H,1-4H3,(H2,17,18)/b10-8+. The van der Waals surface area contributed by atoms with Crippen LogP contribution in [0.2, 0.25) is 0 Å². The zero-order chi connectivity index (χ0) is 14.9. The molecule has 0 fully saturated rings. The van der Waals surface area contributed by atoms with Crippen LogP contribution in [0.25, 0.3) is 0 Å². The Kier molecular flexibility index (Phi) is 4.14. The predicted molar refractivity (Wildman–Crippen MR) is 86.3 cm³/mol. The van der Waals surface area contributed by atoms with Gasteiger partial charge in [0.2, 0.25) is 5.91 Å². The number of nitrogens with two attached hydrogens (primary N) is 1. The Balaban J connectivity index is 2.41. The average molecular weight is 289 g/mol. The van der Waals surface area contributed by atoms with Gasteiger partial charge in [0.15, 0.2) is 0 Å². The van der Waals surface area contributed by atoms with Crippen LogP contribution in [-0.2, 0) is 4.79 Å². The number of amides is 1. The second-order valence-electron chi connectivity index (χ2n) is 4.73. The second kappa shape index (κ2) is 5.67. The Morgan fingerprint density at radius 2 is 2.10 bits per heavy atom. The number of hydrogen-bond donors (Lipinski definition) is 1. The number of rotatable bonds is 4. The first-order valence-corrected chi connectivity index (χ1v) is 7.95. The van der Waals surface area contributed by atoms with Crippen molar-refractivity contribution >= 4 is 21.3 Å². The smallest absolute Gasteiger partial charge is 0.244 e. The molecule has 1 aliphatic heterocycles. The fourth-order valence-electron chi connectivity index (χ4n) is 2.15. The third-order valence-corrected chi connectivity index (χ3v) is 5.68. The van der Waals surface area contributed by atoms with Gasteiger partial charge in [-0.05, 0) is 54.4 Å². The largest absolute Gasteiger partial charge is 0.497 e. The highest BCUT2D eigenvalue weighted by Gasteiger charge is 2.23. The Bertz CT molecular complexity index is 669. The molecule has 106 valence electrons. The maximum absolute atomic E-state index is 11.2. The van der Waals surface area contributed by atoms with Crippen LogP contribution in [0.4, 0.5) is 0 Å². The van der Waals surface area contributed by atoms with Crippen LogP contribution in [0.3, 0.4) is 0 Å². The van der Waals surface area contributed by atoms with Crippen molar-refractivity contribution in [3.05, 3.63) is 52.0 Å². The zero-order valence-corrected chi connectivity index (χ0v) is 13.0. The molecule has 1 unspecified atom stereocenters. The lowest BCUT2D eigenvalue weighted by atomic mass is 10.0. The van der Waals surface area contributed by atoms with Gasteiger partial charge in [-0.3, -0.25) is 4.79 Å². The van der Waals surface area contributed by atoms with Gasteiger partial charge in [-0.2, -0.15) is 10.5 Å². The van der Waals surface area contributed by atoms with E-state index >= 15 is 0 Å². The van der Waals surface area contributed by atoms with Crippen LogP contribution in [-0.4, -0.2) is 24.1 Å². The molecular weight excluding hydrogens is 270 g/mol. The number of primary amides is 1. The van der Waals surface area contributed by atoms with Crippen molar-refractivity contribution in [1.82, 2.24) is 0 Å². The van der Waals surface area contributed by atoms with Crippen LogP contribution >= 0.6 is 10.5 Å². The zero-order valence-electron chi connectivity index (χ0n) is 12.2. The third-order valence-electron chi connectivity index (χ3n) is 3.47. The quantitative estimate of drug-likeness (QED) is 0.684. The average Bonchev–Trinajstić information content (AvgIpc) is 2.46. The molecule has 0 saturated heterocycles. The van der Waals surface area contributed by atoms with E-state index in [1.807, 2.05) is 24.3 Å². The van der Waals surface area contributed by atoms with E-state index in [1.54, 1.807) is 14.0 Å². The van der Waals surface area contributed by atoms with Gasteiger partial charge in [0, 0.05) is 10.4 Å². The lowest BCUT2D eigenvalue weighted by Gasteiger charge is -2.27. The number of carbonyl (C=O) groups is 1. The number of methoxy groups -OCH3 is 1. The molecule has 0 radical (unpaired) electrons. The fraction of sp³-hybridized carbons (Fsp3) is 0.250. The minimum atomic E-state index is -0.377. The molecule has 0 aliphatic carbocycles. The van der Waals surface area contributed by atoms with Crippen LogP contribution in [0.1, 0.15) is 19.4 Å². The molecule has 1 aromatic carbocycles. The van der Waals surface area contributed by atoms with E-state index in [9.17, 15) is 4.79 Å². The molecule has 20 heavy (non-hydrogen) atoms. The molecule has 1 aromatic rings. The Hall–Kier alpha value is -1.81. The molecule has 2 rings (SSSR count). The number of benzene rings is 1. The van der Waals surface area contributed by atoms with E-state index in [0.29, 0.717) is 5.57 Å². The molecule has 0 spiro atoms. The van der Waals surface area contributed by atoms with Gasteiger partial charge in [0.1, 0.15) is 5.75 Å². The van der Waals surface area contributed by atoms with Crippen molar-refractivity contribution in [2.24, 2.45) is 5.73 Å². The molecule has 1 aliphatic rings. The SMILES string of the molecule is COc1cccc(C2=S(C)C(C)=C2/C=C(\C)C(N)=O)c1. The summed E-state index contributed by atoms with van der Waals surface area (Å²) in [5.41, 5.74) is 8.16. The van der Waals surface area contributed by atoms with Crippen LogP contribution in [0.15, 0.2) is 46.4 Å². The number of hydrogen-bond acceptors (Lipinski definition) is 2. The minimum absolute atomic E-state index is 0.0986. The summed E-state index contributed by atoms with van der Waals surface area (Å²) >= 11 is 0. The Labute approximate surface area is 122 Å². The summed E-state index contributed by atoms with van der Waals surface area (Å²) < 4.78 is 5.27. The van der Waals surface area contributed by atoms with Crippen molar-refractivity contribution < 1.29 is 9.53 Å². The highest BCUT2D eigenvalue weighted by molar-refractivity contribution is 8.20. The lowest BCUT2D eigenvalue weighted by molar-refractivity contribution is -0.114. The van der Waals surface area contributed by atoms with E-state index in [4.69, 9.17) is 10.5 Å². The molecule has 0 saturated carbocycles. The molecule has 0 aromatic heterocycles. The molecule has 1 heterocycles. The first-order chi connectivity index (χ1) is 9.45. The highest BCUT2D eigenvalue weighted by Crippen LogP contribution is 2.42. The molecular formula is C16H19NO2S. The first kappa shape index (κ1) is 14.6. The van der Waals surface area contributed by atoms with Crippen molar-refractivity contribution in [3.63, 3.8) is 0 Å². The van der Waals surface area contributed by atoms with Crippen molar-refractivity contribution in [2.45, 2.75) is 13.8 Å². The second-order valence-corrected chi connectivity index (χ2v) is 6.77. The summed E-state index contributed by atoms with van der Waals surface area (Å²) in [6, 6.07) is 8.01. The summed E-state index contributed by atoms with van der Waals surface area (Å²) in [6.45, 7) is 3.85. The van der Waals surface area contributed by atoms with E-state index in [2.05, 4.69) is 19.2 Å². The van der Waals surface area contributed by atoms with Gasteiger partial charge in [-0.25, -0.2) is 0 Å². The minimum Gasteiger partial charge on any atom is -0.497 e. The Morgan fingerprint density at radius 1 is 1.40 bits per heavy atom. The van der Waals surface area contributed by atoms with Crippen molar-refractivity contribution in [2.75, 3.05) is 13.4 Å². The third kappa shape index (κ3) is 2.56. The van der Waals surface area contributed by atoms with Gasteiger partial charge < -0.3 is 10.5 Å². The summed E-state index contributed by atoms with van der Waals surface area (Å²) in [7, 11) is 1.76. The highest BCUT2D eigenvalue weighted by atomic mass is 32.2. The monoisotopic (exact) mass is 289 g/mol. The topological polar surface area (TPSA) is 52.3 Å². The van der Waals surface area contributed by atoms with Crippen molar-refractivity contribution in [1.29, 1.82) is 0 Å². The van der Waals surface area contributed by atoms with E-state index in [1.165, 1.54) is 9.77 Å². The van der Waals surface area contributed by atoms with Crippen molar-refractivity contribution in [3.8, 4) is 5.75 Å². The van der Waals surface area contributed by atoms with Gasteiger partial charge in [0.25, 0.3) is 0 Å². The number of ether oxygens (including phenoxy) is 1. The predicted octanol–water partition coefficient (Wildman–Crippen LogP) is 2.83. The van der Waals surface area contributed by atoms with E-state index < -0.39 is 0 Å². The Morgan fingerprint density at radius 3 is 2.70 bits per heavy atom. The number of allylic oxidation sites excluding steroid dienone is 3. The van der Waals surface area contributed by atoms with Gasteiger partial charge in [0.05, 0.1) is 7.11 Å². The number of carbonyl (C=O) groups excluding carboxylic acids is 1. The maximum Gasteiger partial charge on any atom is 0.244 e. The molecule has 4 heteroatoms. The lowest BCUT2D eigenvalue weighted by Crippen LogP contribution is -2.17. The summed E-state index contributed by atoms with van der Waals surface area (Å²) in [4.78, 5) is 13.8. The van der Waals surface area contributed by atoms with Gasteiger partial charge in [-0.15, -0.1) is 0 Å². The van der Waals surface area contributed by atoms with Crippen LogP contribution in [0.5, 0.6) is 5.75 Å². The molecule has 1 amide bonds. The summed E-state index contributed by atoms with van der Waals surface area (Å²) in [6.07, 6.45) is 4.08. The van der Waals surface area contributed by atoms with E-state index in [0.717, 1.165) is 16.9 Å². The molecule has 1 atom stereocenters. The summed E-state index contributed by atoms with van der Waals surface area (Å²) in [5, 5.41) is 0. The first-order valence-electron chi connectivity index (χ1n) is 6.32. The van der Waals surface area contributed by atoms with Gasteiger partial charge in [-0.1, -0.05) is 12.1 Å².